The molecule has 0 aromatic carbocycles. The molecule has 0 unspecified atom stereocenters. The molecule has 6 nitrogen and oxygen atoms in total. The largest absolute Gasteiger partial charge is 0.478 e. The van der Waals surface area contributed by atoms with E-state index in [0.717, 1.165) is 25.8 Å². The van der Waals surface area contributed by atoms with E-state index in [4.69, 9.17) is 4.74 Å². The standard InChI is InChI=1S/C11H17F3N2O4/c1-7(17)16-10(9(18)19-2,11(12,13)14)15-6-8-4-3-5-20-8/h8,15H,3-6H2,1-2H3,(H,16,17)/p+1/t8-,10+/m0/s1. The number of quaternary nitrogens is 1. The number of nitrogens with one attached hydrogen (secondary N) is 1. The molecule has 0 aliphatic carbocycles. The smallest absolute Gasteiger partial charge is 0.463 e. The van der Waals surface area contributed by atoms with Crippen molar-refractivity contribution in [1.29, 1.82) is 0 Å². The van der Waals surface area contributed by atoms with Crippen LogP contribution in [0.4, 0.5) is 13.2 Å². The van der Waals surface area contributed by atoms with Crippen LogP contribution in [0.2, 0.25) is 0 Å². The third-order valence-corrected chi connectivity index (χ3v) is 3.04. The second kappa shape index (κ2) is 6.40. The van der Waals surface area contributed by atoms with Crippen LogP contribution in [0, 0.1) is 0 Å². The minimum absolute atomic E-state index is 0.102. The second-order valence-electron chi connectivity index (χ2n) is 4.55. The minimum atomic E-state index is -5.00. The van der Waals surface area contributed by atoms with E-state index in [2.05, 4.69) is 4.74 Å². The Labute approximate surface area is 114 Å². The molecule has 0 aromatic rings. The molecule has 0 bridgehead atoms. The van der Waals surface area contributed by atoms with Crippen molar-refractivity contribution in [3.05, 3.63) is 0 Å². The summed E-state index contributed by atoms with van der Waals surface area (Å²) < 4.78 is 49.2. The molecule has 1 aliphatic rings. The van der Waals surface area contributed by atoms with Gasteiger partial charge in [-0.15, -0.1) is 0 Å². The molecule has 1 saturated heterocycles. The maximum atomic E-state index is 13.3. The van der Waals surface area contributed by atoms with Crippen LogP contribution in [-0.2, 0) is 19.1 Å². The minimum Gasteiger partial charge on any atom is -0.463 e. The van der Waals surface area contributed by atoms with Crippen LogP contribution < -0.4 is 10.6 Å². The lowest BCUT2D eigenvalue weighted by Gasteiger charge is -2.31. The molecule has 0 spiro atoms. The summed E-state index contributed by atoms with van der Waals surface area (Å²) in [7, 11) is 0.838. The summed E-state index contributed by atoms with van der Waals surface area (Å²) in [4.78, 5) is 22.6. The number of carbonyl (C=O) groups excluding carboxylic acids is 2. The van der Waals surface area contributed by atoms with Gasteiger partial charge in [0.1, 0.15) is 12.6 Å². The van der Waals surface area contributed by atoms with Crippen LogP contribution >= 0.6 is 0 Å². The summed E-state index contributed by atoms with van der Waals surface area (Å²) >= 11 is 0. The van der Waals surface area contributed by atoms with Crippen LogP contribution in [0.1, 0.15) is 19.8 Å². The Morgan fingerprint density at radius 3 is 2.50 bits per heavy atom. The Balaban J connectivity index is 2.94. The normalized spacial score (nSPS) is 22.1. The third kappa shape index (κ3) is 3.60. The number of alkyl halides is 3. The first kappa shape index (κ1) is 16.7. The molecule has 0 aromatic heterocycles. The van der Waals surface area contributed by atoms with Crippen molar-refractivity contribution in [2.24, 2.45) is 0 Å². The lowest BCUT2D eigenvalue weighted by atomic mass is 10.1. The van der Waals surface area contributed by atoms with E-state index in [-0.39, 0.29) is 12.6 Å². The number of nitrogens with two attached hydrogens (primary N) is 1. The SMILES string of the molecule is COC(=O)[C@](NC(C)=O)([NH2+]C[C@@H]1CCCO1)C(F)(F)F. The van der Waals surface area contributed by atoms with Crippen LogP contribution in [0.3, 0.4) is 0 Å². The van der Waals surface area contributed by atoms with Crippen LogP contribution in [0.5, 0.6) is 0 Å². The van der Waals surface area contributed by atoms with Crippen molar-refractivity contribution in [3.63, 3.8) is 0 Å². The zero-order valence-electron chi connectivity index (χ0n) is 11.3. The third-order valence-electron chi connectivity index (χ3n) is 3.04. The zero-order chi connectivity index (χ0) is 15.4. The van der Waals surface area contributed by atoms with Gasteiger partial charge in [0, 0.05) is 13.5 Å². The predicted molar refractivity (Wildman–Crippen MR) is 60.4 cm³/mol. The molecule has 20 heavy (non-hydrogen) atoms. The van der Waals surface area contributed by atoms with Gasteiger partial charge >= 0.3 is 17.8 Å². The number of hydrogen-bond donors (Lipinski definition) is 2. The van der Waals surface area contributed by atoms with Gasteiger partial charge in [0.2, 0.25) is 5.91 Å². The lowest BCUT2D eigenvalue weighted by Crippen LogP contribution is -3.07. The average molecular weight is 299 g/mol. The number of amides is 1. The molecule has 3 N–H and O–H groups in total. The lowest BCUT2D eigenvalue weighted by molar-refractivity contribution is -0.747. The van der Waals surface area contributed by atoms with E-state index in [0.29, 0.717) is 13.0 Å². The van der Waals surface area contributed by atoms with Crippen molar-refractivity contribution in [2.75, 3.05) is 20.3 Å². The topological polar surface area (TPSA) is 81.2 Å². The summed E-state index contributed by atoms with van der Waals surface area (Å²) in [6.45, 7) is 1.29. The van der Waals surface area contributed by atoms with Crippen LogP contribution in [0.15, 0.2) is 0 Å². The van der Waals surface area contributed by atoms with E-state index in [1.54, 1.807) is 5.32 Å². The highest BCUT2D eigenvalue weighted by molar-refractivity contribution is 5.86. The first-order valence-corrected chi connectivity index (χ1v) is 6.13. The number of esters is 1. The maximum Gasteiger partial charge on any atom is 0.478 e. The molecule has 9 heteroatoms. The van der Waals surface area contributed by atoms with E-state index in [1.807, 2.05) is 0 Å². The van der Waals surface area contributed by atoms with Gasteiger partial charge in [0.05, 0.1) is 7.11 Å². The number of rotatable bonds is 5. The predicted octanol–water partition coefficient (Wildman–Crippen LogP) is -0.703. The number of carbonyl (C=O) groups is 2. The first-order valence-electron chi connectivity index (χ1n) is 6.13. The molecule has 1 amide bonds. The van der Waals surface area contributed by atoms with Crippen molar-refractivity contribution < 1.29 is 37.6 Å². The van der Waals surface area contributed by atoms with Crippen molar-refractivity contribution in [3.8, 4) is 0 Å². The van der Waals surface area contributed by atoms with E-state index < -0.39 is 23.7 Å². The van der Waals surface area contributed by atoms with E-state index in [1.165, 1.54) is 0 Å². The maximum absolute atomic E-state index is 13.3. The first-order chi connectivity index (χ1) is 9.23. The highest BCUT2D eigenvalue weighted by atomic mass is 19.4. The van der Waals surface area contributed by atoms with Crippen LogP contribution in [-0.4, -0.2) is 50.1 Å². The van der Waals surface area contributed by atoms with Crippen molar-refractivity contribution in [1.82, 2.24) is 5.32 Å². The van der Waals surface area contributed by atoms with E-state index in [9.17, 15) is 22.8 Å². The Morgan fingerprint density at radius 1 is 1.45 bits per heavy atom. The Bertz CT molecular complexity index is 369. The highest BCUT2D eigenvalue weighted by Crippen LogP contribution is 2.26. The summed E-state index contributed by atoms with van der Waals surface area (Å²) in [5.41, 5.74) is -3.14. The second-order valence-corrected chi connectivity index (χ2v) is 4.55. The Kier molecular flexibility index (Phi) is 5.35. The zero-order valence-corrected chi connectivity index (χ0v) is 11.3. The molecule has 1 aliphatic heterocycles. The summed E-state index contributed by atoms with van der Waals surface area (Å²) in [6.07, 6.45) is -4.00. The monoisotopic (exact) mass is 299 g/mol. The van der Waals surface area contributed by atoms with Gasteiger partial charge in [-0.2, -0.15) is 13.2 Å². The summed E-state index contributed by atoms with van der Waals surface area (Å²) in [5.74, 6) is -2.55. The van der Waals surface area contributed by atoms with E-state index >= 15 is 0 Å². The summed E-state index contributed by atoms with van der Waals surface area (Å²) in [6, 6.07) is 0. The number of hydrogen-bond acceptors (Lipinski definition) is 4. The van der Waals surface area contributed by atoms with Crippen molar-refractivity contribution in [2.45, 2.75) is 37.7 Å². The fraction of sp³-hybridized carbons (Fsp3) is 0.818. The van der Waals surface area contributed by atoms with Gasteiger partial charge < -0.3 is 14.8 Å². The van der Waals surface area contributed by atoms with Gasteiger partial charge in [0.15, 0.2) is 0 Å². The molecule has 1 heterocycles. The van der Waals surface area contributed by atoms with Crippen LogP contribution in [0.25, 0.3) is 0 Å². The Hall–Kier alpha value is -1.35. The molecule has 1 rings (SSSR count). The summed E-state index contributed by atoms with van der Waals surface area (Å²) in [5, 5.41) is 2.38. The molecule has 0 saturated carbocycles. The molecule has 2 atom stereocenters. The fourth-order valence-corrected chi connectivity index (χ4v) is 2.06. The highest BCUT2D eigenvalue weighted by Gasteiger charge is 2.67. The molecule has 116 valence electrons. The van der Waals surface area contributed by atoms with Gasteiger partial charge in [-0.1, -0.05) is 0 Å². The average Bonchev–Trinajstić information content (AvgIpc) is 2.84. The van der Waals surface area contributed by atoms with Gasteiger partial charge in [-0.25, -0.2) is 4.79 Å². The fourth-order valence-electron chi connectivity index (χ4n) is 2.06. The number of methoxy groups -OCH3 is 1. The molecular weight excluding hydrogens is 281 g/mol. The van der Waals surface area contributed by atoms with Gasteiger partial charge in [0.25, 0.3) is 0 Å². The van der Waals surface area contributed by atoms with Gasteiger partial charge in [-0.05, 0) is 12.8 Å². The number of halogens is 3. The number of ether oxygens (including phenoxy) is 2. The molecule has 0 radical (unpaired) electrons. The Morgan fingerprint density at radius 2 is 2.10 bits per heavy atom. The quantitative estimate of drug-likeness (QED) is 0.519. The van der Waals surface area contributed by atoms with Crippen molar-refractivity contribution >= 4 is 11.9 Å². The molecule has 1 fully saturated rings. The van der Waals surface area contributed by atoms with Gasteiger partial charge in [-0.3, -0.25) is 10.1 Å². The molecular formula is C11H18F3N2O4+.